The summed E-state index contributed by atoms with van der Waals surface area (Å²) in [5, 5.41) is 15.1. The summed E-state index contributed by atoms with van der Waals surface area (Å²) in [6.07, 6.45) is 1.51. The number of aryl methyl sites for hydroxylation is 1. The van der Waals surface area contributed by atoms with Gasteiger partial charge in [-0.3, -0.25) is 9.59 Å². The highest BCUT2D eigenvalue weighted by Gasteiger charge is 2.21. The summed E-state index contributed by atoms with van der Waals surface area (Å²) in [7, 11) is 0. The number of pyridine rings is 1. The van der Waals surface area contributed by atoms with Crippen LogP contribution in [0.5, 0.6) is 0 Å². The number of anilines is 2. The SMILES string of the molecule is Cc1ccc(NC(=O)c2cccc(C(C)(C)C#N)c2)cc1NC(=O)c1cccnc1Cl. The predicted octanol–water partition coefficient (Wildman–Crippen LogP) is 5.35. The molecule has 2 N–H and O–H groups in total. The maximum Gasteiger partial charge on any atom is 0.258 e. The molecule has 31 heavy (non-hydrogen) atoms. The van der Waals surface area contributed by atoms with Crippen molar-refractivity contribution in [2.24, 2.45) is 0 Å². The maximum absolute atomic E-state index is 12.8. The lowest BCUT2D eigenvalue weighted by Gasteiger charge is -2.17. The number of hydrogen-bond donors (Lipinski definition) is 2. The number of carbonyl (C=O) groups is 2. The first-order valence-corrected chi connectivity index (χ1v) is 9.95. The molecule has 0 saturated heterocycles. The monoisotopic (exact) mass is 432 g/mol. The summed E-state index contributed by atoms with van der Waals surface area (Å²) >= 11 is 6.00. The van der Waals surface area contributed by atoms with Crippen LogP contribution in [0.2, 0.25) is 5.15 Å². The molecule has 3 aromatic rings. The highest BCUT2D eigenvalue weighted by Crippen LogP contribution is 2.25. The predicted molar refractivity (Wildman–Crippen MR) is 121 cm³/mol. The van der Waals surface area contributed by atoms with Gasteiger partial charge in [0, 0.05) is 23.1 Å². The number of aromatic nitrogens is 1. The Hall–Kier alpha value is -3.69. The van der Waals surface area contributed by atoms with Gasteiger partial charge in [0.05, 0.1) is 17.0 Å². The van der Waals surface area contributed by atoms with Gasteiger partial charge in [0.15, 0.2) is 0 Å². The van der Waals surface area contributed by atoms with E-state index in [1.807, 2.05) is 13.0 Å². The zero-order valence-corrected chi connectivity index (χ0v) is 18.1. The van der Waals surface area contributed by atoms with E-state index in [-0.39, 0.29) is 16.6 Å². The molecule has 0 atom stereocenters. The zero-order valence-electron chi connectivity index (χ0n) is 17.4. The quantitative estimate of drug-likeness (QED) is 0.531. The third kappa shape index (κ3) is 5.08. The molecule has 1 heterocycles. The standard InChI is InChI=1S/C24H21ClN4O2/c1-15-9-10-18(13-20(15)29-23(31)19-8-5-11-27-21(19)25)28-22(30)16-6-4-7-17(12-16)24(2,3)14-26/h4-13H,1-3H3,(H,28,30)(H,29,31). The molecule has 0 bridgehead atoms. The Bertz CT molecular complexity index is 1200. The first kappa shape index (κ1) is 22.0. The van der Waals surface area contributed by atoms with E-state index in [0.717, 1.165) is 11.1 Å². The van der Waals surface area contributed by atoms with Gasteiger partial charge in [-0.25, -0.2) is 4.98 Å². The second-order valence-corrected chi connectivity index (χ2v) is 7.96. The van der Waals surface area contributed by atoms with Gasteiger partial charge in [-0.2, -0.15) is 5.26 Å². The normalized spacial score (nSPS) is 10.8. The number of amides is 2. The Balaban J connectivity index is 1.80. The summed E-state index contributed by atoms with van der Waals surface area (Å²) < 4.78 is 0. The van der Waals surface area contributed by atoms with E-state index in [1.165, 1.54) is 6.20 Å². The summed E-state index contributed by atoms with van der Waals surface area (Å²) in [6, 6.07) is 17.7. The van der Waals surface area contributed by atoms with Crippen LogP contribution in [0.3, 0.4) is 0 Å². The lowest BCUT2D eigenvalue weighted by atomic mass is 9.85. The molecule has 1 aromatic heterocycles. The molecule has 156 valence electrons. The van der Waals surface area contributed by atoms with Crippen LogP contribution in [0.4, 0.5) is 11.4 Å². The van der Waals surface area contributed by atoms with E-state index < -0.39 is 11.3 Å². The van der Waals surface area contributed by atoms with Crippen LogP contribution in [-0.4, -0.2) is 16.8 Å². The molecule has 2 amide bonds. The number of nitrogens with zero attached hydrogens (tertiary/aromatic N) is 2. The number of benzene rings is 2. The molecule has 3 rings (SSSR count). The molecule has 0 saturated carbocycles. The molecular weight excluding hydrogens is 412 g/mol. The van der Waals surface area contributed by atoms with Crippen LogP contribution in [0.25, 0.3) is 0 Å². The Morgan fingerprint density at radius 3 is 2.52 bits per heavy atom. The largest absolute Gasteiger partial charge is 0.322 e. The maximum atomic E-state index is 12.8. The summed E-state index contributed by atoms with van der Waals surface area (Å²) in [4.78, 5) is 29.2. The third-order valence-electron chi connectivity index (χ3n) is 4.87. The fourth-order valence-corrected chi connectivity index (χ4v) is 3.10. The Kier molecular flexibility index (Phi) is 6.38. The van der Waals surface area contributed by atoms with Crippen LogP contribution in [0, 0.1) is 18.3 Å². The Labute approximate surface area is 185 Å². The number of halogens is 1. The van der Waals surface area contributed by atoms with Crippen molar-refractivity contribution in [1.82, 2.24) is 4.98 Å². The minimum atomic E-state index is -0.703. The fourth-order valence-electron chi connectivity index (χ4n) is 2.90. The second-order valence-electron chi connectivity index (χ2n) is 7.60. The number of rotatable bonds is 5. The average Bonchev–Trinajstić information content (AvgIpc) is 2.76. The first-order chi connectivity index (χ1) is 14.7. The number of hydrogen-bond acceptors (Lipinski definition) is 4. The van der Waals surface area contributed by atoms with Gasteiger partial charge in [-0.1, -0.05) is 29.8 Å². The fraction of sp³-hybridized carbons (Fsp3) is 0.167. The van der Waals surface area contributed by atoms with Crippen molar-refractivity contribution < 1.29 is 9.59 Å². The van der Waals surface area contributed by atoms with Crippen molar-refractivity contribution in [3.05, 3.63) is 88.2 Å². The van der Waals surface area contributed by atoms with Crippen LogP contribution < -0.4 is 10.6 Å². The topological polar surface area (TPSA) is 94.9 Å². The van der Waals surface area contributed by atoms with Crippen LogP contribution in [0.15, 0.2) is 60.8 Å². The molecular formula is C24H21ClN4O2. The van der Waals surface area contributed by atoms with Crippen molar-refractivity contribution in [3.8, 4) is 6.07 Å². The molecule has 0 spiro atoms. The van der Waals surface area contributed by atoms with E-state index in [9.17, 15) is 14.9 Å². The molecule has 0 aliphatic rings. The van der Waals surface area contributed by atoms with Crippen molar-refractivity contribution in [2.45, 2.75) is 26.2 Å². The van der Waals surface area contributed by atoms with Gasteiger partial charge < -0.3 is 10.6 Å². The molecule has 2 aromatic carbocycles. The van der Waals surface area contributed by atoms with Crippen molar-refractivity contribution >= 4 is 34.8 Å². The molecule has 0 unspecified atom stereocenters. The van der Waals surface area contributed by atoms with Crippen LogP contribution in [0.1, 0.15) is 45.7 Å². The van der Waals surface area contributed by atoms with Crippen LogP contribution in [-0.2, 0) is 5.41 Å². The van der Waals surface area contributed by atoms with Gasteiger partial charge in [0.1, 0.15) is 5.15 Å². The number of nitriles is 1. The molecule has 7 heteroatoms. The van der Waals surface area contributed by atoms with Crippen LogP contribution >= 0.6 is 11.6 Å². The molecule has 0 aliphatic heterocycles. The number of carbonyl (C=O) groups excluding carboxylic acids is 2. The highest BCUT2D eigenvalue weighted by atomic mass is 35.5. The van der Waals surface area contributed by atoms with E-state index in [4.69, 9.17) is 11.6 Å². The molecule has 0 radical (unpaired) electrons. The second kappa shape index (κ2) is 8.99. The third-order valence-corrected chi connectivity index (χ3v) is 5.17. The van der Waals surface area contributed by atoms with Gasteiger partial charge in [-0.05, 0) is 68.3 Å². The lowest BCUT2D eigenvalue weighted by molar-refractivity contribution is 0.101. The Morgan fingerprint density at radius 2 is 1.81 bits per heavy atom. The minimum Gasteiger partial charge on any atom is -0.322 e. The summed E-state index contributed by atoms with van der Waals surface area (Å²) in [5.74, 6) is -0.705. The molecule has 6 nitrogen and oxygen atoms in total. The smallest absolute Gasteiger partial charge is 0.258 e. The van der Waals surface area contributed by atoms with E-state index in [2.05, 4.69) is 21.7 Å². The van der Waals surface area contributed by atoms with Gasteiger partial charge >= 0.3 is 0 Å². The zero-order chi connectivity index (χ0) is 22.6. The molecule has 0 fully saturated rings. The van der Waals surface area contributed by atoms with Crippen molar-refractivity contribution in [3.63, 3.8) is 0 Å². The highest BCUT2D eigenvalue weighted by molar-refractivity contribution is 6.33. The lowest BCUT2D eigenvalue weighted by Crippen LogP contribution is -2.17. The summed E-state index contributed by atoms with van der Waals surface area (Å²) in [5.41, 5.74) is 2.64. The minimum absolute atomic E-state index is 0.113. The van der Waals surface area contributed by atoms with Gasteiger partial charge in [-0.15, -0.1) is 0 Å². The first-order valence-electron chi connectivity index (χ1n) is 9.57. The van der Waals surface area contributed by atoms with E-state index in [0.29, 0.717) is 16.9 Å². The Morgan fingerprint density at radius 1 is 1.03 bits per heavy atom. The van der Waals surface area contributed by atoms with E-state index in [1.54, 1.807) is 62.4 Å². The van der Waals surface area contributed by atoms with Crippen molar-refractivity contribution in [1.29, 1.82) is 5.26 Å². The van der Waals surface area contributed by atoms with Gasteiger partial charge in [0.25, 0.3) is 11.8 Å². The molecule has 0 aliphatic carbocycles. The number of nitrogens with one attached hydrogen (secondary N) is 2. The van der Waals surface area contributed by atoms with Gasteiger partial charge in [0.2, 0.25) is 0 Å². The average molecular weight is 433 g/mol. The van der Waals surface area contributed by atoms with Crippen molar-refractivity contribution in [2.75, 3.05) is 10.6 Å². The summed E-state index contributed by atoms with van der Waals surface area (Å²) in [6.45, 7) is 5.44. The van der Waals surface area contributed by atoms with E-state index >= 15 is 0 Å².